The van der Waals surface area contributed by atoms with Crippen LogP contribution in [0.4, 0.5) is 0 Å². The molecule has 2 saturated heterocycles. The van der Waals surface area contributed by atoms with Gasteiger partial charge in [-0.05, 0) is 31.1 Å². The number of carboxylic acid groups (broad SMARTS) is 1. The topological polar surface area (TPSA) is 46.5 Å². The standard InChI is InChI=1S/C9H14O3/c1-8-2-4-9(5-3-8,7(10)11)12-6-8/h2-6H2,1H3,(H,10,11). The van der Waals surface area contributed by atoms with Crippen LogP contribution in [0, 0.1) is 5.41 Å². The van der Waals surface area contributed by atoms with E-state index in [1.807, 2.05) is 0 Å². The number of carboxylic acids is 1. The molecule has 0 spiro atoms. The van der Waals surface area contributed by atoms with Crippen molar-refractivity contribution in [1.82, 2.24) is 0 Å². The lowest BCUT2D eigenvalue weighted by Crippen LogP contribution is -2.54. The summed E-state index contributed by atoms with van der Waals surface area (Å²) in [5.41, 5.74) is -0.561. The quantitative estimate of drug-likeness (QED) is 0.647. The van der Waals surface area contributed by atoms with Gasteiger partial charge in [-0.2, -0.15) is 0 Å². The Morgan fingerprint density at radius 2 is 1.92 bits per heavy atom. The molecule has 0 aromatic heterocycles. The van der Waals surface area contributed by atoms with E-state index < -0.39 is 11.6 Å². The average Bonchev–Trinajstić information content (AvgIpc) is 2.06. The molecule has 3 nitrogen and oxygen atoms in total. The summed E-state index contributed by atoms with van der Waals surface area (Å²) >= 11 is 0. The van der Waals surface area contributed by atoms with E-state index >= 15 is 0 Å². The van der Waals surface area contributed by atoms with Gasteiger partial charge >= 0.3 is 5.97 Å². The van der Waals surface area contributed by atoms with Crippen LogP contribution in [0.25, 0.3) is 0 Å². The number of ether oxygens (including phenoxy) is 1. The fourth-order valence-electron chi connectivity index (χ4n) is 2.13. The Labute approximate surface area is 71.7 Å². The minimum absolute atomic E-state index is 0.261. The zero-order valence-corrected chi connectivity index (χ0v) is 7.30. The molecule has 3 heteroatoms. The van der Waals surface area contributed by atoms with Crippen LogP contribution in [0.3, 0.4) is 0 Å². The second kappa shape index (κ2) is 2.22. The molecular formula is C9H14O3. The fraction of sp³-hybridized carbons (Fsp3) is 0.889. The number of hydrogen-bond donors (Lipinski definition) is 1. The van der Waals surface area contributed by atoms with Crippen LogP contribution in [-0.4, -0.2) is 23.3 Å². The van der Waals surface area contributed by atoms with E-state index in [0.717, 1.165) is 12.8 Å². The average molecular weight is 170 g/mol. The number of fused-ring (bicyclic) bond motifs is 3. The lowest BCUT2D eigenvalue weighted by molar-refractivity contribution is -0.204. The van der Waals surface area contributed by atoms with E-state index in [1.54, 1.807) is 0 Å². The minimum atomic E-state index is -0.822. The Bertz CT molecular complexity index is 197. The van der Waals surface area contributed by atoms with Gasteiger partial charge in [-0.15, -0.1) is 0 Å². The summed E-state index contributed by atoms with van der Waals surface area (Å²) in [6, 6.07) is 0. The van der Waals surface area contributed by atoms with Crippen molar-refractivity contribution in [3.63, 3.8) is 0 Å². The monoisotopic (exact) mass is 170 g/mol. The molecule has 0 aromatic rings. The maximum absolute atomic E-state index is 10.9. The van der Waals surface area contributed by atoms with Crippen molar-refractivity contribution in [2.45, 2.75) is 38.2 Å². The van der Waals surface area contributed by atoms with Gasteiger partial charge in [0.1, 0.15) is 0 Å². The van der Waals surface area contributed by atoms with Crippen molar-refractivity contribution in [1.29, 1.82) is 0 Å². The maximum atomic E-state index is 10.9. The molecule has 0 unspecified atom stereocenters. The normalized spacial score (nSPS) is 46.1. The Kier molecular flexibility index (Phi) is 1.49. The van der Waals surface area contributed by atoms with Crippen molar-refractivity contribution in [2.75, 3.05) is 6.61 Å². The molecule has 3 rings (SSSR count). The van der Waals surface area contributed by atoms with Crippen molar-refractivity contribution >= 4 is 5.97 Å². The van der Waals surface area contributed by atoms with Crippen LogP contribution < -0.4 is 0 Å². The second-order valence-corrected chi connectivity index (χ2v) is 4.40. The summed E-state index contributed by atoms with van der Waals surface area (Å²) < 4.78 is 5.43. The first-order valence-electron chi connectivity index (χ1n) is 4.44. The molecule has 0 amide bonds. The van der Waals surface area contributed by atoms with Crippen LogP contribution in [0.1, 0.15) is 32.6 Å². The van der Waals surface area contributed by atoms with E-state index in [9.17, 15) is 4.79 Å². The molecule has 68 valence electrons. The van der Waals surface area contributed by atoms with Crippen LogP contribution in [0.5, 0.6) is 0 Å². The minimum Gasteiger partial charge on any atom is -0.479 e. The molecule has 0 radical (unpaired) electrons. The lowest BCUT2D eigenvalue weighted by atomic mass is 9.67. The summed E-state index contributed by atoms with van der Waals surface area (Å²) in [6.07, 6.45) is 3.39. The summed E-state index contributed by atoms with van der Waals surface area (Å²) in [7, 11) is 0. The summed E-state index contributed by atoms with van der Waals surface area (Å²) in [4.78, 5) is 10.9. The molecule has 12 heavy (non-hydrogen) atoms. The van der Waals surface area contributed by atoms with Gasteiger partial charge in [0.25, 0.3) is 0 Å². The summed E-state index contributed by atoms with van der Waals surface area (Å²) in [6.45, 7) is 2.80. The highest BCUT2D eigenvalue weighted by molar-refractivity contribution is 5.77. The number of hydrogen-bond acceptors (Lipinski definition) is 2. The predicted molar refractivity (Wildman–Crippen MR) is 42.9 cm³/mol. The maximum Gasteiger partial charge on any atom is 0.335 e. The molecule has 3 fully saturated rings. The first kappa shape index (κ1) is 8.05. The molecule has 1 saturated carbocycles. The first-order valence-corrected chi connectivity index (χ1v) is 4.44. The fourth-order valence-corrected chi connectivity index (χ4v) is 2.13. The van der Waals surface area contributed by atoms with Crippen LogP contribution in [0.15, 0.2) is 0 Å². The molecule has 1 aliphatic carbocycles. The smallest absolute Gasteiger partial charge is 0.335 e. The van der Waals surface area contributed by atoms with Crippen LogP contribution in [0.2, 0.25) is 0 Å². The third kappa shape index (κ3) is 0.959. The van der Waals surface area contributed by atoms with Gasteiger partial charge in [0.05, 0.1) is 6.61 Å². The molecule has 0 atom stereocenters. The Morgan fingerprint density at radius 3 is 2.25 bits per heavy atom. The van der Waals surface area contributed by atoms with E-state index in [2.05, 4.69) is 6.92 Å². The predicted octanol–water partition coefficient (Wildman–Crippen LogP) is 1.42. The SMILES string of the molecule is CC12CCC(C(=O)O)(CC1)OC2. The Balaban J connectivity index is 2.20. The van der Waals surface area contributed by atoms with E-state index in [4.69, 9.17) is 9.84 Å². The van der Waals surface area contributed by atoms with Gasteiger partial charge in [0.2, 0.25) is 0 Å². The zero-order chi connectivity index (χ0) is 8.82. The number of rotatable bonds is 1. The summed E-state index contributed by atoms with van der Waals surface area (Å²) in [5, 5.41) is 8.97. The highest BCUT2D eigenvalue weighted by atomic mass is 16.5. The largest absolute Gasteiger partial charge is 0.479 e. The third-order valence-corrected chi connectivity index (χ3v) is 3.35. The van der Waals surface area contributed by atoms with Gasteiger partial charge in [0.15, 0.2) is 5.60 Å². The molecule has 2 heterocycles. The van der Waals surface area contributed by atoms with Gasteiger partial charge in [-0.1, -0.05) is 6.92 Å². The van der Waals surface area contributed by atoms with Gasteiger partial charge in [-0.3, -0.25) is 0 Å². The van der Waals surface area contributed by atoms with Gasteiger partial charge in [-0.25, -0.2) is 4.79 Å². The summed E-state index contributed by atoms with van der Waals surface area (Å²) in [5.74, 6) is -0.774. The molecule has 2 aliphatic heterocycles. The number of carbonyl (C=O) groups is 1. The highest BCUT2D eigenvalue weighted by Gasteiger charge is 2.51. The molecule has 2 bridgehead atoms. The first-order chi connectivity index (χ1) is 5.56. The number of aliphatic carboxylic acids is 1. The molecular weight excluding hydrogens is 156 g/mol. The van der Waals surface area contributed by atoms with Crippen molar-refractivity contribution < 1.29 is 14.6 Å². The third-order valence-electron chi connectivity index (χ3n) is 3.35. The van der Waals surface area contributed by atoms with E-state index in [1.165, 1.54) is 0 Å². The van der Waals surface area contributed by atoms with Crippen molar-refractivity contribution in [2.24, 2.45) is 5.41 Å². The molecule has 0 aromatic carbocycles. The zero-order valence-electron chi connectivity index (χ0n) is 7.30. The Morgan fingerprint density at radius 1 is 1.33 bits per heavy atom. The van der Waals surface area contributed by atoms with Crippen molar-refractivity contribution in [3.8, 4) is 0 Å². The van der Waals surface area contributed by atoms with Gasteiger partial charge in [0, 0.05) is 0 Å². The van der Waals surface area contributed by atoms with Crippen molar-refractivity contribution in [3.05, 3.63) is 0 Å². The highest BCUT2D eigenvalue weighted by Crippen LogP contribution is 2.48. The Hall–Kier alpha value is -0.570. The van der Waals surface area contributed by atoms with Crippen LogP contribution in [-0.2, 0) is 9.53 Å². The van der Waals surface area contributed by atoms with Crippen LogP contribution >= 0.6 is 0 Å². The molecule has 3 aliphatic rings. The molecule has 1 N–H and O–H groups in total. The van der Waals surface area contributed by atoms with Gasteiger partial charge < -0.3 is 9.84 Å². The van der Waals surface area contributed by atoms with E-state index in [-0.39, 0.29) is 5.41 Å². The lowest BCUT2D eigenvalue weighted by Gasteiger charge is -2.49. The second-order valence-electron chi connectivity index (χ2n) is 4.40. The van der Waals surface area contributed by atoms with E-state index in [0.29, 0.717) is 19.4 Å².